The summed E-state index contributed by atoms with van der Waals surface area (Å²) in [4.78, 5) is 24.4. The fraction of sp³-hybridized carbons (Fsp3) is 0.238. The van der Waals surface area contributed by atoms with E-state index in [0.29, 0.717) is 11.1 Å². The van der Waals surface area contributed by atoms with Crippen molar-refractivity contribution in [2.24, 2.45) is 0 Å². The van der Waals surface area contributed by atoms with Crippen molar-refractivity contribution in [2.75, 3.05) is 6.61 Å². The third kappa shape index (κ3) is 4.54. The first-order chi connectivity index (χ1) is 13.3. The van der Waals surface area contributed by atoms with Crippen LogP contribution in [0.3, 0.4) is 0 Å². The average Bonchev–Trinajstić information content (AvgIpc) is 3.17. The second-order valence-corrected chi connectivity index (χ2v) is 8.25. The Labute approximate surface area is 171 Å². The molecule has 6 nitrogen and oxygen atoms in total. The minimum Gasteiger partial charge on any atom is -0.454 e. The Bertz CT molecular complexity index is 987. The van der Waals surface area contributed by atoms with E-state index in [9.17, 15) is 9.59 Å². The molecule has 144 valence electrons. The third-order valence-electron chi connectivity index (χ3n) is 4.17. The molecule has 0 saturated carbocycles. The first kappa shape index (κ1) is 19.9. The maximum Gasteiger partial charge on any atom is 0.338 e. The summed E-state index contributed by atoms with van der Waals surface area (Å²) < 4.78 is 7.73. The fourth-order valence-electron chi connectivity index (χ4n) is 2.61. The summed E-state index contributed by atoms with van der Waals surface area (Å²) in [6, 6.07) is 13.7. The Morgan fingerprint density at radius 1 is 1.00 bits per heavy atom. The molecule has 0 radical (unpaired) electrons. The van der Waals surface area contributed by atoms with E-state index in [2.05, 4.69) is 47.0 Å². The number of ketones is 1. The SMILES string of the molecule is CC(C)(C)c1cnnn1-c1ccc(C(=O)COC(=O)c2ccc(Br)cc2)cc1. The van der Waals surface area contributed by atoms with Crippen molar-refractivity contribution >= 4 is 27.7 Å². The van der Waals surface area contributed by atoms with Crippen LogP contribution in [-0.2, 0) is 10.2 Å². The molecular weight excluding hydrogens is 422 g/mol. The van der Waals surface area contributed by atoms with Gasteiger partial charge in [0.05, 0.1) is 23.1 Å². The largest absolute Gasteiger partial charge is 0.454 e. The Morgan fingerprint density at radius 2 is 1.61 bits per heavy atom. The van der Waals surface area contributed by atoms with Crippen molar-refractivity contribution in [3.8, 4) is 5.69 Å². The van der Waals surface area contributed by atoms with E-state index in [4.69, 9.17) is 4.74 Å². The maximum absolute atomic E-state index is 12.3. The number of carbonyl (C=O) groups is 2. The van der Waals surface area contributed by atoms with Gasteiger partial charge in [0, 0.05) is 15.5 Å². The molecule has 0 amide bonds. The number of halogens is 1. The molecule has 0 atom stereocenters. The maximum atomic E-state index is 12.3. The highest BCUT2D eigenvalue weighted by atomic mass is 79.9. The van der Waals surface area contributed by atoms with Crippen LogP contribution in [0.15, 0.2) is 59.2 Å². The number of hydrogen-bond donors (Lipinski definition) is 0. The summed E-state index contributed by atoms with van der Waals surface area (Å²) in [6.07, 6.45) is 1.74. The van der Waals surface area contributed by atoms with Crippen LogP contribution >= 0.6 is 15.9 Å². The number of hydrogen-bond acceptors (Lipinski definition) is 5. The van der Waals surface area contributed by atoms with E-state index in [1.165, 1.54) is 0 Å². The smallest absolute Gasteiger partial charge is 0.338 e. The summed E-state index contributed by atoms with van der Waals surface area (Å²) in [5, 5.41) is 8.13. The number of carbonyl (C=O) groups excluding carboxylic acids is 2. The van der Waals surface area contributed by atoms with Gasteiger partial charge in [0.1, 0.15) is 0 Å². The first-order valence-corrected chi connectivity index (χ1v) is 9.52. The Hall–Kier alpha value is -2.80. The van der Waals surface area contributed by atoms with Gasteiger partial charge in [0.15, 0.2) is 12.4 Å². The van der Waals surface area contributed by atoms with Gasteiger partial charge in [-0.15, -0.1) is 5.10 Å². The zero-order valence-electron chi connectivity index (χ0n) is 15.8. The van der Waals surface area contributed by atoms with Crippen molar-refractivity contribution in [2.45, 2.75) is 26.2 Å². The number of rotatable bonds is 5. The van der Waals surface area contributed by atoms with Crippen molar-refractivity contribution in [3.63, 3.8) is 0 Å². The molecule has 0 aliphatic carbocycles. The average molecular weight is 442 g/mol. The molecular formula is C21H20BrN3O3. The van der Waals surface area contributed by atoms with Crippen LogP contribution in [-0.4, -0.2) is 33.4 Å². The fourth-order valence-corrected chi connectivity index (χ4v) is 2.87. The Morgan fingerprint density at radius 3 is 2.21 bits per heavy atom. The summed E-state index contributed by atoms with van der Waals surface area (Å²) in [6.45, 7) is 5.93. The van der Waals surface area contributed by atoms with Gasteiger partial charge < -0.3 is 4.74 Å². The van der Waals surface area contributed by atoms with Crippen LogP contribution < -0.4 is 0 Å². The molecule has 3 aromatic rings. The van der Waals surface area contributed by atoms with E-state index in [-0.39, 0.29) is 17.8 Å². The predicted molar refractivity (Wildman–Crippen MR) is 109 cm³/mol. The predicted octanol–water partition coefficient (Wildman–Crippen LogP) is 4.37. The van der Waals surface area contributed by atoms with Gasteiger partial charge in [-0.3, -0.25) is 4.79 Å². The number of ether oxygens (including phenoxy) is 1. The second kappa shape index (κ2) is 8.06. The lowest BCUT2D eigenvalue weighted by Gasteiger charge is -2.19. The standard InChI is InChI=1S/C21H20BrN3O3/c1-21(2,3)19-12-23-24-25(19)17-10-6-14(7-11-17)18(26)13-28-20(27)15-4-8-16(22)9-5-15/h4-12H,13H2,1-3H3. The summed E-state index contributed by atoms with van der Waals surface area (Å²) in [5.41, 5.74) is 2.53. The van der Waals surface area contributed by atoms with E-state index in [1.807, 2.05) is 0 Å². The normalized spacial score (nSPS) is 11.3. The molecule has 28 heavy (non-hydrogen) atoms. The molecule has 0 unspecified atom stereocenters. The van der Waals surface area contributed by atoms with Gasteiger partial charge >= 0.3 is 5.97 Å². The number of benzene rings is 2. The minimum atomic E-state index is -0.532. The van der Waals surface area contributed by atoms with Crippen LogP contribution in [0.2, 0.25) is 0 Å². The quantitative estimate of drug-likeness (QED) is 0.434. The van der Waals surface area contributed by atoms with E-state index in [1.54, 1.807) is 59.4 Å². The van der Waals surface area contributed by atoms with Crippen LogP contribution in [0.1, 0.15) is 47.2 Å². The van der Waals surface area contributed by atoms with E-state index < -0.39 is 5.97 Å². The Kier molecular flexibility index (Phi) is 5.74. The number of Topliss-reactive ketones (excluding diaryl/α,β-unsaturated/α-hetero) is 1. The molecule has 0 fully saturated rings. The molecule has 0 aliphatic rings. The highest BCUT2D eigenvalue weighted by Crippen LogP contribution is 2.23. The van der Waals surface area contributed by atoms with Crippen LogP contribution in [0.25, 0.3) is 5.69 Å². The second-order valence-electron chi connectivity index (χ2n) is 7.33. The number of esters is 1. The van der Waals surface area contributed by atoms with Crippen molar-refractivity contribution in [1.29, 1.82) is 0 Å². The molecule has 0 aliphatic heterocycles. The van der Waals surface area contributed by atoms with Gasteiger partial charge in [-0.05, 0) is 48.5 Å². The van der Waals surface area contributed by atoms with E-state index in [0.717, 1.165) is 15.9 Å². The van der Waals surface area contributed by atoms with Gasteiger partial charge in [0.25, 0.3) is 0 Å². The van der Waals surface area contributed by atoms with Gasteiger partial charge in [-0.25, -0.2) is 9.48 Å². The summed E-state index contributed by atoms with van der Waals surface area (Å²) >= 11 is 3.31. The lowest BCUT2D eigenvalue weighted by atomic mass is 9.92. The zero-order valence-corrected chi connectivity index (χ0v) is 17.4. The summed E-state index contributed by atoms with van der Waals surface area (Å²) in [7, 11) is 0. The monoisotopic (exact) mass is 441 g/mol. The topological polar surface area (TPSA) is 74.1 Å². The van der Waals surface area contributed by atoms with Gasteiger partial charge in [-0.2, -0.15) is 0 Å². The van der Waals surface area contributed by atoms with Gasteiger partial charge in [-0.1, -0.05) is 41.9 Å². The Balaban J connectivity index is 1.67. The third-order valence-corrected chi connectivity index (χ3v) is 4.69. The van der Waals surface area contributed by atoms with Crippen LogP contribution in [0, 0.1) is 0 Å². The van der Waals surface area contributed by atoms with Crippen molar-refractivity contribution in [3.05, 3.63) is 76.0 Å². The first-order valence-electron chi connectivity index (χ1n) is 8.73. The number of aromatic nitrogens is 3. The molecule has 7 heteroatoms. The molecule has 0 spiro atoms. The molecule has 0 bridgehead atoms. The van der Waals surface area contributed by atoms with E-state index >= 15 is 0 Å². The highest BCUT2D eigenvalue weighted by Gasteiger charge is 2.20. The lowest BCUT2D eigenvalue weighted by molar-refractivity contribution is 0.0474. The molecule has 3 rings (SSSR count). The lowest BCUT2D eigenvalue weighted by Crippen LogP contribution is -2.17. The van der Waals surface area contributed by atoms with Crippen LogP contribution in [0.4, 0.5) is 0 Å². The number of nitrogens with zero attached hydrogens (tertiary/aromatic N) is 3. The zero-order chi connectivity index (χ0) is 20.3. The van der Waals surface area contributed by atoms with Crippen molar-refractivity contribution in [1.82, 2.24) is 15.0 Å². The summed E-state index contributed by atoms with van der Waals surface area (Å²) in [5.74, 6) is -0.804. The molecule has 1 heterocycles. The minimum absolute atomic E-state index is 0.112. The van der Waals surface area contributed by atoms with Crippen LogP contribution in [0.5, 0.6) is 0 Å². The van der Waals surface area contributed by atoms with Gasteiger partial charge in [0.2, 0.25) is 0 Å². The highest BCUT2D eigenvalue weighted by molar-refractivity contribution is 9.10. The molecule has 2 aromatic carbocycles. The molecule has 1 aromatic heterocycles. The molecule has 0 N–H and O–H groups in total. The van der Waals surface area contributed by atoms with Crippen molar-refractivity contribution < 1.29 is 14.3 Å². The molecule has 0 saturated heterocycles.